The van der Waals surface area contributed by atoms with Gasteiger partial charge in [-0.25, -0.2) is 13.2 Å². The lowest BCUT2D eigenvalue weighted by atomic mass is 10.2. The zero-order chi connectivity index (χ0) is 19.4. The first-order valence-electron chi connectivity index (χ1n) is 7.93. The normalized spacial score (nSPS) is 11.5. The summed E-state index contributed by atoms with van der Waals surface area (Å²) in [5.74, 6) is 0. The maximum Gasteiger partial charge on any atom is 0.424 e. The van der Waals surface area contributed by atoms with E-state index in [0.29, 0.717) is 9.87 Å². The van der Waals surface area contributed by atoms with Crippen molar-refractivity contribution in [2.75, 3.05) is 0 Å². The monoisotopic (exact) mass is 372 g/mol. The van der Waals surface area contributed by atoms with Crippen molar-refractivity contribution in [3.05, 3.63) is 65.7 Å². The summed E-state index contributed by atoms with van der Waals surface area (Å²) in [4.78, 5) is 12.5. The van der Waals surface area contributed by atoms with Gasteiger partial charge in [0.15, 0.2) is 0 Å². The van der Waals surface area contributed by atoms with Gasteiger partial charge in [0.25, 0.3) is 10.0 Å². The van der Waals surface area contributed by atoms with E-state index in [1.807, 2.05) is 6.07 Å². The summed E-state index contributed by atoms with van der Waals surface area (Å²) in [5.41, 5.74) is -0.0240. The Morgan fingerprint density at radius 3 is 2.35 bits per heavy atom. The van der Waals surface area contributed by atoms with E-state index in [1.54, 1.807) is 51.1 Å². The number of hydrogen-bond donors (Lipinski definition) is 0. The third-order valence-electron chi connectivity index (χ3n) is 3.32. The predicted octanol–water partition coefficient (Wildman–Crippen LogP) is 3.68. The highest BCUT2D eigenvalue weighted by Crippen LogP contribution is 2.22. The number of rotatable bonds is 4. The molecule has 0 atom stereocenters. The van der Waals surface area contributed by atoms with Gasteiger partial charge < -0.3 is 4.74 Å². The summed E-state index contributed by atoms with van der Waals surface area (Å²) in [6.45, 7) is 4.81. The fourth-order valence-electron chi connectivity index (χ4n) is 2.16. The Bertz CT molecular complexity index is 926. The standard InChI is InChI=1S/C19H20N2O4S/c1-19(2,3)25-18(22)21(14-15-8-5-4-6-9-15)26(23,24)17-11-7-10-16(12-17)13-20/h4-12H,14H2,1-3H3. The summed E-state index contributed by atoms with van der Waals surface area (Å²) >= 11 is 0. The molecule has 7 heteroatoms. The van der Waals surface area contributed by atoms with Crippen LogP contribution >= 0.6 is 0 Å². The van der Waals surface area contributed by atoms with Gasteiger partial charge in [0, 0.05) is 0 Å². The summed E-state index contributed by atoms with van der Waals surface area (Å²) in [7, 11) is -4.20. The number of ether oxygens (including phenoxy) is 1. The zero-order valence-electron chi connectivity index (χ0n) is 14.8. The number of sulfonamides is 1. The van der Waals surface area contributed by atoms with Crippen LogP contribution in [-0.2, 0) is 21.3 Å². The van der Waals surface area contributed by atoms with Crippen LogP contribution in [0.15, 0.2) is 59.5 Å². The van der Waals surface area contributed by atoms with Gasteiger partial charge in [-0.15, -0.1) is 0 Å². The molecular formula is C19H20N2O4S. The van der Waals surface area contributed by atoms with Gasteiger partial charge in [-0.05, 0) is 44.5 Å². The van der Waals surface area contributed by atoms with Crippen LogP contribution < -0.4 is 0 Å². The Labute approximate surface area is 153 Å². The predicted molar refractivity (Wildman–Crippen MR) is 96.6 cm³/mol. The quantitative estimate of drug-likeness (QED) is 0.817. The van der Waals surface area contributed by atoms with E-state index in [9.17, 15) is 13.2 Å². The van der Waals surface area contributed by atoms with Gasteiger partial charge in [-0.1, -0.05) is 36.4 Å². The first-order chi connectivity index (χ1) is 12.1. The third-order valence-corrected chi connectivity index (χ3v) is 5.03. The van der Waals surface area contributed by atoms with Crippen molar-refractivity contribution in [3.8, 4) is 6.07 Å². The maximum absolute atomic E-state index is 13.0. The second-order valence-corrected chi connectivity index (χ2v) is 8.48. The van der Waals surface area contributed by atoms with Gasteiger partial charge in [-0.3, -0.25) is 0 Å². The van der Waals surface area contributed by atoms with Crippen LogP contribution in [-0.4, -0.2) is 24.4 Å². The van der Waals surface area contributed by atoms with E-state index in [1.165, 1.54) is 24.3 Å². The first kappa shape index (κ1) is 19.5. The Hall–Kier alpha value is -2.85. The Balaban J connectivity index is 2.47. The van der Waals surface area contributed by atoms with Crippen LogP contribution in [0.4, 0.5) is 4.79 Å². The van der Waals surface area contributed by atoms with Gasteiger partial charge in [-0.2, -0.15) is 9.57 Å². The Morgan fingerprint density at radius 1 is 1.12 bits per heavy atom. The van der Waals surface area contributed by atoms with Crippen molar-refractivity contribution in [3.63, 3.8) is 0 Å². The highest BCUT2D eigenvalue weighted by atomic mass is 32.2. The van der Waals surface area contributed by atoms with Gasteiger partial charge in [0.05, 0.1) is 23.1 Å². The van der Waals surface area contributed by atoms with Crippen LogP contribution in [0, 0.1) is 11.3 Å². The van der Waals surface area contributed by atoms with E-state index >= 15 is 0 Å². The number of nitriles is 1. The van der Waals surface area contributed by atoms with Crippen molar-refractivity contribution >= 4 is 16.1 Å². The highest BCUT2D eigenvalue weighted by Gasteiger charge is 2.33. The lowest BCUT2D eigenvalue weighted by Gasteiger charge is -2.27. The molecule has 0 heterocycles. The molecule has 1 amide bonds. The molecule has 0 aromatic heterocycles. The molecule has 0 bridgehead atoms. The topological polar surface area (TPSA) is 87.5 Å². The van der Waals surface area contributed by atoms with Crippen LogP contribution in [0.1, 0.15) is 31.9 Å². The van der Waals surface area contributed by atoms with Gasteiger partial charge >= 0.3 is 6.09 Å². The molecule has 0 aliphatic heterocycles. The molecule has 0 radical (unpaired) electrons. The number of amides is 1. The van der Waals surface area contributed by atoms with E-state index in [0.717, 1.165) is 0 Å². The molecule has 0 saturated heterocycles. The molecule has 2 rings (SSSR count). The molecule has 0 aliphatic rings. The number of hydrogen-bond acceptors (Lipinski definition) is 5. The minimum Gasteiger partial charge on any atom is -0.443 e. The SMILES string of the molecule is CC(C)(C)OC(=O)N(Cc1ccccc1)S(=O)(=O)c1cccc(C#N)c1. The Morgan fingerprint density at radius 2 is 1.77 bits per heavy atom. The van der Waals surface area contributed by atoms with Crippen LogP contribution in [0.2, 0.25) is 0 Å². The van der Waals surface area contributed by atoms with E-state index in [-0.39, 0.29) is 17.0 Å². The molecule has 0 unspecified atom stereocenters. The second kappa shape index (κ2) is 7.58. The van der Waals surface area contributed by atoms with E-state index in [4.69, 9.17) is 10.00 Å². The smallest absolute Gasteiger partial charge is 0.424 e. The van der Waals surface area contributed by atoms with Crippen molar-refractivity contribution in [2.24, 2.45) is 0 Å². The lowest BCUT2D eigenvalue weighted by molar-refractivity contribution is 0.0381. The lowest BCUT2D eigenvalue weighted by Crippen LogP contribution is -2.40. The van der Waals surface area contributed by atoms with Crippen molar-refractivity contribution < 1.29 is 17.9 Å². The molecule has 0 fully saturated rings. The third kappa shape index (κ3) is 4.83. The molecule has 136 valence electrons. The molecule has 6 nitrogen and oxygen atoms in total. The summed E-state index contributed by atoms with van der Waals surface area (Å²) in [6.07, 6.45) is -0.969. The van der Waals surface area contributed by atoms with Crippen molar-refractivity contribution in [1.82, 2.24) is 4.31 Å². The molecule has 0 saturated carbocycles. The fraction of sp³-hybridized carbons (Fsp3) is 0.263. The summed E-state index contributed by atoms with van der Waals surface area (Å²) in [5, 5.41) is 9.01. The first-order valence-corrected chi connectivity index (χ1v) is 9.37. The van der Waals surface area contributed by atoms with Crippen molar-refractivity contribution in [1.29, 1.82) is 5.26 Å². The average molecular weight is 372 g/mol. The van der Waals surface area contributed by atoms with E-state index < -0.39 is 21.7 Å². The molecule has 2 aromatic carbocycles. The van der Waals surface area contributed by atoms with Gasteiger partial charge in [0.2, 0.25) is 0 Å². The summed E-state index contributed by atoms with van der Waals surface area (Å²) < 4.78 is 32.1. The number of carbonyl (C=O) groups excluding carboxylic acids is 1. The fourth-order valence-corrected chi connectivity index (χ4v) is 3.50. The van der Waals surface area contributed by atoms with E-state index in [2.05, 4.69) is 0 Å². The molecule has 2 aromatic rings. The minimum absolute atomic E-state index is 0.140. The molecule has 0 spiro atoms. The number of nitrogens with zero attached hydrogens (tertiary/aromatic N) is 2. The molecule has 26 heavy (non-hydrogen) atoms. The van der Waals surface area contributed by atoms with Crippen LogP contribution in [0.25, 0.3) is 0 Å². The van der Waals surface area contributed by atoms with Crippen molar-refractivity contribution in [2.45, 2.75) is 37.8 Å². The molecular weight excluding hydrogens is 352 g/mol. The number of carbonyl (C=O) groups is 1. The van der Waals surface area contributed by atoms with Gasteiger partial charge in [0.1, 0.15) is 5.60 Å². The molecule has 0 N–H and O–H groups in total. The Kier molecular flexibility index (Phi) is 5.68. The highest BCUT2D eigenvalue weighted by molar-refractivity contribution is 7.89. The minimum atomic E-state index is -4.20. The largest absolute Gasteiger partial charge is 0.443 e. The zero-order valence-corrected chi connectivity index (χ0v) is 15.7. The van der Waals surface area contributed by atoms with Crippen LogP contribution in [0.3, 0.4) is 0 Å². The summed E-state index contributed by atoms with van der Waals surface area (Å²) in [6, 6.07) is 16.2. The maximum atomic E-state index is 13.0. The second-order valence-electron chi connectivity index (χ2n) is 6.62. The average Bonchev–Trinajstić information content (AvgIpc) is 2.59. The molecule has 0 aliphatic carbocycles. The number of benzene rings is 2. The van der Waals surface area contributed by atoms with Crippen LogP contribution in [0.5, 0.6) is 0 Å².